The van der Waals surface area contributed by atoms with Gasteiger partial charge in [0.05, 0.1) is 0 Å². The number of hydrogen-bond donors (Lipinski definition) is 0. The summed E-state index contributed by atoms with van der Waals surface area (Å²) >= 11 is 0. The highest BCUT2D eigenvalue weighted by molar-refractivity contribution is 6.14. The second kappa shape index (κ2) is 2.94. The molecule has 48 valence electrons. The molecule has 1 aliphatic carbocycles. The highest BCUT2D eigenvalue weighted by atomic mass is 16.1. The Hall–Kier alpha value is -1.22. The first-order valence-electron chi connectivity index (χ1n) is 2.23. The van der Waals surface area contributed by atoms with E-state index in [2.05, 4.69) is 0 Å². The summed E-state index contributed by atoms with van der Waals surface area (Å²) in [5.41, 5.74) is 0. The Bertz CT molecular complexity index is 155. The van der Waals surface area contributed by atoms with Crippen LogP contribution in [-0.4, -0.2) is 17.0 Å². The van der Waals surface area contributed by atoms with Crippen LogP contribution >= 0.6 is 0 Å². The molecule has 0 aromatic carbocycles. The summed E-state index contributed by atoms with van der Waals surface area (Å²) in [5.74, 6) is -0.241. The van der Waals surface area contributed by atoms with Crippen molar-refractivity contribution in [2.45, 2.75) is 0 Å². The van der Waals surface area contributed by atoms with Crippen LogP contribution in [0.15, 0.2) is 24.3 Å². The summed E-state index contributed by atoms with van der Waals surface area (Å²) in [7, 11) is 0. The second-order valence-electron chi connectivity index (χ2n) is 1.47. The molecule has 0 aromatic heterocycles. The van der Waals surface area contributed by atoms with Gasteiger partial charge in [-0.1, -0.05) is 0 Å². The van der Waals surface area contributed by atoms with E-state index < -0.39 is 0 Å². The molecule has 0 aromatic rings. The van der Waals surface area contributed by atoms with Crippen LogP contribution in [-0.2, 0) is 9.59 Å². The topological polar surface area (TPSA) is 65.6 Å². The predicted octanol–water partition coefficient (Wildman–Crippen LogP) is -0.462. The maximum atomic E-state index is 10.3. The summed E-state index contributed by atoms with van der Waals surface area (Å²) in [5, 5.41) is 0. The lowest BCUT2D eigenvalue weighted by Crippen LogP contribution is -1.97. The van der Waals surface area contributed by atoms with E-state index >= 15 is 0 Å². The van der Waals surface area contributed by atoms with Crippen LogP contribution in [0.5, 0.6) is 0 Å². The maximum absolute atomic E-state index is 10.3. The molecule has 0 atom stereocenters. The summed E-state index contributed by atoms with van der Waals surface area (Å²) in [6.45, 7) is 0. The molecule has 0 bridgehead atoms. The zero-order valence-corrected chi connectivity index (χ0v) is 4.63. The van der Waals surface area contributed by atoms with Crippen molar-refractivity contribution < 1.29 is 16.5 Å². The van der Waals surface area contributed by atoms with Crippen molar-refractivity contribution in [3.63, 3.8) is 0 Å². The normalized spacial score (nSPS) is 15.6. The van der Waals surface area contributed by atoms with Crippen LogP contribution in [0.3, 0.4) is 0 Å². The number of rotatable bonds is 0. The highest BCUT2D eigenvalue weighted by Gasteiger charge is 1.97. The van der Waals surface area contributed by atoms with Gasteiger partial charge in [0.1, 0.15) is 0 Å². The first-order chi connectivity index (χ1) is 3.79. The number of carbonyl (C=O) groups is 2. The molecule has 0 heterocycles. The Morgan fingerprint density at radius 1 is 0.889 bits per heavy atom. The van der Waals surface area contributed by atoms with Crippen molar-refractivity contribution in [1.29, 1.82) is 0 Å². The smallest absolute Gasteiger partial charge is 0.412 e. The van der Waals surface area contributed by atoms with E-state index in [9.17, 15) is 9.59 Å². The molecule has 0 saturated heterocycles. The van der Waals surface area contributed by atoms with Crippen LogP contribution in [0.4, 0.5) is 0 Å². The van der Waals surface area contributed by atoms with E-state index in [4.69, 9.17) is 0 Å². The van der Waals surface area contributed by atoms with Gasteiger partial charge in [0.25, 0.3) is 0 Å². The van der Waals surface area contributed by atoms with Crippen molar-refractivity contribution in [3.05, 3.63) is 24.3 Å². The monoisotopic (exact) mass is 127 g/mol. The lowest BCUT2D eigenvalue weighted by molar-refractivity contribution is -0.113. The lowest BCUT2D eigenvalue weighted by atomic mass is 10.2. The van der Waals surface area contributed by atoms with E-state index in [0.29, 0.717) is 0 Å². The summed E-state index contributed by atoms with van der Waals surface area (Å²) in [6.07, 6.45) is 5.01. The molecule has 1 aliphatic rings. The van der Waals surface area contributed by atoms with E-state index in [1.54, 1.807) is 0 Å². The van der Waals surface area contributed by atoms with E-state index in [-0.39, 0.29) is 18.5 Å². The van der Waals surface area contributed by atoms with Crippen molar-refractivity contribution in [2.75, 3.05) is 0 Å². The Morgan fingerprint density at radius 2 is 1.11 bits per heavy atom. The maximum Gasteiger partial charge on any atom is 1.00 e. The number of carbonyl (C=O) groups excluding carboxylic acids is 2. The molecule has 0 aliphatic heterocycles. The van der Waals surface area contributed by atoms with Crippen molar-refractivity contribution in [3.8, 4) is 0 Å². The zero-order valence-electron chi connectivity index (χ0n) is 5.63. The van der Waals surface area contributed by atoms with Gasteiger partial charge in [-0.3, -0.25) is 9.59 Å². The molecule has 9 heavy (non-hydrogen) atoms. The van der Waals surface area contributed by atoms with Crippen molar-refractivity contribution >= 4 is 11.6 Å². The highest BCUT2D eigenvalue weighted by Crippen LogP contribution is 1.90. The minimum absolute atomic E-state index is 0. The number of allylic oxidation sites excluding steroid dienone is 4. The third-order valence-electron chi connectivity index (χ3n) is 0.824. The lowest BCUT2D eigenvalue weighted by Gasteiger charge is -1.87. The SMILES string of the molecule is O.O=C1C=CC(=O)C=C1.[H+]. The minimum atomic E-state index is -0.121. The van der Waals surface area contributed by atoms with Gasteiger partial charge < -0.3 is 5.48 Å². The largest absolute Gasteiger partial charge is 1.00 e. The first-order valence-corrected chi connectivity index (χ1v) is 2.23. The van der Waals surface area contributed by atoms with Crippen molar-refractivity contribution in [1.82, 2.24) is 0 Å². The summed E-state index contributed by atoms with van der Waals surface area (Å²) < 4.78 is 0. The quantitative estimate of drug-likeness (QED) is 0.413. The third kappa shape index (κ3) is 2.01. The van der Waals surface area contributed by atoms with Crippen LogP contribution in [0, 0.1) is 0 Å². The van der Waals surface area contributed by atoms with Gasteiger partial charge in [0.2, 0.25) is 0 Å². The predicted molar refractivity (Wildman–Crippen MR) is 33.0 cm³/mol. The Balaban J connectivity index is 0. The van der Waals surface area contributed by atoms with Gasteiger partial charge >= 0.3 is 1.43 Å². The van der Waals surface area contributed by atoms with Crippen molar-refractivity contribution in [2.24, 2.45) is 0 Å². The first kappa shape index (κ1) is 7.78. The molecule has 0 spiro atoms. The Labute approximate surface area is 53.5 Å². The molecule has 0 saturated carbocycles. The molecule has 3 heteroatoms. The second-order valence-corrected chi connectivity index (χ2v) is 1.47. The molecule has 0 amide bonds. The molecule has 1 rings (SSSR count). The number of hydrogen-bond acceptors (Lipinski definition) is 2. The molecule has 3 nitrogen and oxygen atoms in total. The van der Waals surface area contributed by atoms with E-state index in [0.717, 1.165) is 0 Å². The Morgan fingerprint density at radius 3 is 1.33 bits per heavy atom. The fourth-order valence-corrected chi connectivity index (χ4v) is 0.440. The van der Waals surface area contributed by atoms with Gasteiger partial charge in [-0.25, -0.2) is 0 Å². The fraction of sp³-hybridized carbons (Fsp3) is 0. The van der Waals surface area contributed by atoms with Crippen LogP contribution in [0.2, 0.25) is 0 Å². The van der Waals surface area contributed by atoms with Crippen LogP contribution in [0.1, 0.15) is 1.43 Å². The van der Waals surface area contributed by atoms with Gasteiger partial charge in [-0.15, -0.1) is 0 Å². The molecular formula is C6H7O3+. The van der Waals surface area contributed by atoms with Gasteiger partial charge in [-0.2, -0.15) is 0 Å². The molecule has 2 N–H and O–H groups in total. The molecule has 0 radical (unpaired) electrons. The molecule has 0 unspecified atom stereocenters. The molecule has 0 fully saturated rings. The Kier molecular flexibility index (Phi) is 2.54. The number of ketones is 2. The zero-order chi connectivity index (χ0) is 5.98. The summed E-state index contributed by atoms with van der Waals surface area (Å²) in [6, 6.07) is 0. The van der Waals surface area contributed by atoms with Gasteiger partial charge in [-0.05, 0) is 24.3 Å². The van der Waals surface area contributed by atoms with E-state index in [1.165, 1.54) is 24.3 Å². The average molecular weight is 127 g/mol. The van der Waals surface area contributed by atoms with Crippen LogP contribution in [0.25, 0.3) is 0 Å². The van der Waals surface area contributed by atoms with E-state index in [1.807, 2.05) is 0 Å². The summed E-state index contributed by atoms with van der Waals surface area (Å²) in [4.78, 5) is 20.6. The van der Waals surface area contributed by atoms with Gasteiger partial charge in [0.15, 0.2) is 11.6 Å². The third-order valence-corrected chi connectivity index (χ3v) is 0.824. The standard InChI is InChI=1S/C6H4O2.H2O/c7-5-1-2-6(8)4-3-5;/h1-4H;1H2/p+1. The van der Waals surface area contributed by atoms with Crippen LogP contribution < -0.4 is 0 Å². The van der Waals surface area contributed by atoms with Gasteiger partial charge in [0, 0.05) is 0 Å². The molecular weight excluding hydrogens is 120 g/mol. The average Bonchev–Trinajstić information content (AvgIpc) is 1.77. The fourth-order valence-electron chi connectivity index (χ4n) is 0.440. The minimum Gasteiger partial charge on any atom is -0.412 e.